The fourth-order valence-corrected chi connectivity index (χ4v) is 4.68. The summed E-state index contributed by atoms with van der Waals surface area (Å²) in [6.45, 7) is 7.12. The van der Waals surface area contributed by atoms with Crippen LogP contribution in [0.2, 0.25) is 0 Å². The zero-order valence-electron chi connectivity index (χ0n) is 15.0. The molecule has 0 aromatic heterocycles. The number of likely N-dealkylation sites (N-methyl/N-ethyl adjacent to an activating group) is 1. The van der Waals surface area contributed by atoms with Crippen LogP contribution in [0, 0.1) is 5.92 Å². The van der Waals surface area contributed by atoms with Crippen LogP contribution in [-0.4, -0.2) is 61.5 Å². The van der Waals surface area contributed by atoms with Crippen molar-refractivity contribution in [1.29, 1.82) is 0 Å². The summed E-state index contributed by atoms with van der Waals surface area (Å²) in [6, 6.07) is -0.477. The highest BCUT2D eigenvalue weighted by atomic mass is 32.2. The Labute approximate surface area is 141 Å². The molecule has 0 saturated carbocycles. The molecule has 6 nitrogen and oxygen atoms in total. The molecule has 1 aliphatic rings. The first kappa shape index (κ1) is 20.4. The molecule has 1 amide bonds. The predicted octanol–water partition coefficient (Wildman–Crippen LogP) is 1.41. The number of unbranched alkanes of at least 4 members (excludes halogenated alkanes) is 1. The van der Waals surface area contributed by atoms with E-state index < -0.39 is 16.1 Å². The first-order valence-corrected chi connectivity index (χ1v) is 10.3. The number of rotatable bonds is 9. The van der Waals surface area contributed by atoms with Crippen molar-refractivity contribution in [3.8, 4) is 0 Å². The molecule has 7 heteroatoms. The lowest BCUT2D eigenvalue weighted by atomic mass is 10.0. The van der Waals surface area contributed by atoms with Crippen LogP contribution in [-0.2, 0) is 14.8 Å². The molecule has 2 unspecified atom stereocenters. The Kier molecular flexibility index (Phi) is 7.97. The number of sulfonamides is 1. The number of nitrogens with two attached hydrogens (primary N) is 1. The Morgan fingerprint density at radius 1 is 1.39 bits per heavy atom. The third-order valence-electron chi connectivity index (χ3n) is 4.63. The first-order chi connectivity index (χ1) is 10.7. The molecular formula is C16H33N3O3S. The van der Waals surface area contributed by atoms with Gasteiger partial charge in [0.25, 0.3) is 0 Å². The average Bonchev–Trinajstić information content (AvgIpc) is 2.99. The lowest BCUT2D eigenvalue weighted by Crippen LogP contribution is -2.48. The molecule has 0 bridgehead atoms. The number of amides is 1. The Morgan fingerprint density at radius 2 is 2.04 bits per heavy atom. The molecule has 2 N–H and O–H groups in total. The lowest BCUT2D eigenvalue weighted by Gasteiger charge is -2.28. The summed E-state index contributed by atoms with van der Waals surface area (Å²) in [5.41, 5.74) is 6.03. The molecule has 1 rings (SSSR count). The molecule has 1 fully saturated rings. The van der Waals surface area contributed by atoms with Gasteiger partial charge < -0.3 is 10.6 Å². The Hall–Kier alpha value is -0.660. The Balaban J connectivity index is 2.66. The van der Waals surface area contributed by atoms with E-state index in [9.17, 15) is 13.2 Å². The zero-order valence-corrected chi connectivity index (χ0v) is 15.8. The summed E-state index contributed by atoms with van der Waals surface area (Å²) in [5.74, 6) is 0.407. The van der Waals surface area contributed by atoms with Gasteiger partial charge in [0.1, 0.15) is 6.04 Å². The maximum atomic E-state index is 12.6. The van der Waals surface area contributed by atoms with Crippen LogP contribution < -0.4 is 5.73 Å². The second-order valence-corrected chi connectivity index (χ2v) is 8.94. The molecule has 136 valence electrons. The number of nitrogens with zero attached hydrogens (tertiary/aromatic N) is 2. The molecule has 1 heterocycles. The van der Waals surface area contributed by atoms with Crippen LogP contribution >= 0.6 is 0 Å². The van der Waals surface area contributed by atoms with Crippen LogP contribution in [0.15, 0.2) is 0 Å². The lowest BCUT2D eigenvalue weighted by molar-refractivity contribution is -0.133. The summed E-state index contributed by atoms with van der Waals surface area (Å²) in [6.07, 6.45) is 3.57. The maximum absolute atomic E-state index is 12.6. The molecule has 2 atom stereocenters. The van der Waals surface area contributed by atoms with Crippen molar-refractivity contribution in [2.45, 2.75) is 65.0 Å². The first-order valence-electron chi connectivity index (χ1n) is 8.70. The number of carbonyl (C=O) groups excluding carboxylic acids is 1. The summed E-state index contributed by atoms with van der Waals surface area (Å²) in [5, 5.41) is 0. The van der Waals surface area contributed by atoms with E-state index in [1.165, 1.54) is 4.31 Å². The van der Waals surface area contributed by atoms with Crippen LogP contribution in [0.3, 0.4) is 0 Å². The van der Waals surface area contributed by atoms with Gasteiger partial charge in [-0.15, -0.1) is 0 Å². The molecule has 1 aliphatic heterocycles. The van der Waals surface area contributed by atoms with Crippen molar-refractivity contribution in [2.75, 3.05) is 25.9 Å². The van der Waals surface area contributed by atoms with Gasteiger partial charge >= 0.3 is 0 Å². The van der Waals surface area contributed by atoms with Gasteiger partial charge in [0, 0.05) is 26.2 Å². The van der Waals surface area contributed by atoms with Crippen molar-refractivity contribution >= 4 is 15.9 Å². The normalized spacial score (nSPS) is 20.9. The minimum absolute atomic E-state index is 0.0539. The summed E-state index contributed by atoms with van der Waals surface area (Å²) in [7, 11) is -1.59. The van der Waals surface area contributed by atoms with E-state index in [0.29, 0.717) is 31.8 Å². The zero-order chi connectivity index (χ0) is 17.6. The van der Waals surface area contributed by atoms with Crippen molar-refractivity contribution < 1.29 is 13.2 Å². The van der Waals surface area contributed by atoms with Gasteiger partial charge in [-0.25, -0.2) is 8.42 Å². The third kappa shape index (κ3) is 5.72. The van der Waals surface area contributed by atoms with Crippen LogP contribution in [0.1, 0.15) is 52.9 Å². The quantitative estimate of drug-likeness (QED) is 0.683. The molecule has 0 spiro atoms. The smallest absolute Gasteiger partial charge is 0.240 e. The van der Waals surface area contributed by atoms with E-state index in [4.69, 9.17) is 5.73 Å². The van der Waals surface area contributed by atoms with Crippen LogP contribution in [0.25, 0.3) is 0 Å². The highest BCUT2D eigenvalue weighted by Gasteiger charge is 2.39. The van der Waals surface area contributed by atoms with Crippen molar-refractivity contribution in [3.05, 3.63) is 0 Å². The molecule has 1 saturated heterocycles. The third-order valence-corrected chi connectivity index (χ3v) is 6.59. The molecule has 0 aromatic rings. The van der Waals surface area contributed by atoms with E-state index in [-0.39, 0.29) is 17.7 Å². The number of hydrogen-bond acceptors (Lipinski definition) is 4. The molecule has 23 heavy (non-hydrogen) atoms. The van der Waals surface area contributed by atoms with Gasteiger partial charge in [-0.3, -0.25) is 4.79 Å². The highest BCUT2D eigenvalue weighted by molar-refractivity contribution is 7.89. The average molecular weight is 348 g/mol. The monoisotopic (exact) mass is 347 g/mol. The van der Waals surface area contributed by atoms with Gasteiger partial charge in [-0.1, -0.05) is 27.2 Å². The second kappa shape index (κ2) is 8.99. The minimum atomic E-state index is -3.33. The molecule has 0 aromatic carbocycles. The highest BCUT2D eigenvalue weighted by Crippen LogP contribution is 2.23. The largest absolute Gasteiger partial charge is 0.344 e. The maximum Gasteiger partial charge on any atom is 0.240 e. The predicted molar refractivity (Wildman–Crippen MR) is 93.5 cm³/mol. The molecule has 0 aliphatic carbocycles. The fraction of sp³-hybridized carbons (Fsp3) is 0.938. The number of hydrogen-bond donors (Lipinski definition) is 1. The van der Waals surface area contributed by atoms with E-state index in [1.54, 1.807) is 11.9 Å². The fourth-order valence-electron chi connectivity index (χ4n) is 2.80. The van der Waals surface area contributed by atoms with Crippen LogP contribution in [0.4, 0.5) is 0 Å². The van der Waals surface area contributed by atoms with Gasteiger partial charge in [0.2, 0.25) is 15.9 Å². The standard InChI is InChI=1S/C16H33N3O3S/c1-5-6-12-23(21,22)19-10-7-8-15(19)16(20)18(4)11-9-14(17)13(2)3/h13-15H,5-12,17H2,1-4H3. The van der Waals surface area contributed by atoms with Crippen molar-refractivity contribution in [2.24, 2.45) is 11.7 Å². The Bertz CT molecular complexity index is 479. The summed E-state index contributed by atoms with van der Waals surface area (Å²) < 4.78 is 26.3. The minimum Gasteiger partial charge on any atom is -0.344 e. The van der Waals surface area contributed by atoms with E-state index in [2.05, 4.69) is 13.8 Å². The van der Waals surface area contributed by atoms with Crippen molar-refractivity contribution in [1.82, 2.24) is 9.21 Å². The Morgan fingerprint density at radius 3 is 2.61 bits per heavy atom. The summed E-state index contributed by atoms with van der Waals surface area (Å²) >= 11 is 0. The van der Waals surface area contributed by atoms with Crippen LogP contribution in [0.5, 0.6) is 0 Å². The van der Waals surface area contributed by atoms with E-state index in [0.717, 1.165) is 19.3 Å². The topological polar surface area (TPSA) is 83.7 Å². The molecular weight excluding hydrogens is 314 g/mol. The van der Waals surface area contributed by atoms with Gasteiger partial charge in [0.05, 0.1) is 5.75 Å². The van der Waals surface area contributed by atoms with E-state index >= 15 is 0 Å². The second-order valence-electron chi connectivity index (χ2n) is 6.89. The summed E-state index contributed by atoms with van der Waals surface area (Å²) in [4.78, 5) is 14.3. The van der Waals surface area contributed by atoms with E-state index in [1.807, 2.05) is 6.92 Å². The van der Waals surface area contributed by atoms with Crippen molar-refractivity contribution in [3.63, 3.8) is 0 Å². The van der Waals surface area contributed by atoms with Gasteiger partial charge in [0.15, 0.2) is 0 Å². The number of carbonyl (C=O) groups is 1. The van der Waals surface area contributed by atoms with Gasteiger partial charge in [-0.05, 0) is 31.6 Å². The SMILES string of the molecule is CCCCS(=O)(=O)N1CCCC1C(=O)N(C)CCC(N)C(C)C. The molecule has 0 radical (unpaired) electrons. The van der Waals surface area contributed by atoms with Gasteiger partial charge in [-0.2, -0.15) is 4.31 Å².